The molecule has 136 valence electrons. The van der Waals surface area contributed by atoms with Crippen LogP contribution in [0, 0.1) is 0 Å². The number of allylic oxidation sites excluding steroid dienone is 3. The number of nitrogens with zero attached hydrogens (tertiary/aromatic N) is 2. The lowest BCUT2D eigenvalue weighted by Crippen LogP contribution is -2.35. The molecule has 27 heavy (non-hydrogen) atoms. The third-order valence-corrected chi connectivity index (χ3v) is 4.91. The van der Waals surface area contributed by atoms with Gasteiger partial charge in [-0.05, 0) is 44.0 Å². The number of amides is 1. The molecular formula is C21H20N4O2. The zero-order chi connectivity index (χ0) is 18.8. The molecule has 0 radical (unpaired) electrons. The van der Waals surface area contributed by atoms with Crippen molar-refractivity contribution in [3.8, 4) is 0 Å². The smallest absolute Gasteiger partial charge is 0.255 e. The van der Waals surface area contributed by atoms with Gasteiger partial charge < -0.3 is 10.6 Å². The Kier molecular flexibility index (Phi) is 4.54. The summed E-state index contributed by atoms with van der Waals surface area (Å²) in [6.07, 6.45) is 5.43. The maximum Gasteiger partial charge on any atom is 0.255 e. The predicted molar refractivity (Wildman–Crippen MR) is 102 cm³/mol. The lowest BCUT2D eigenvalue weighted by Gasteiger charge is -2.33. The van der Waals surface area contributed by atoms with Crippen LogP contribution in [-0.2, 0) is 9.59 Å². The Labute approximate surface area is 157 Å². The van der Waals surface area contributed by atoms with Gasteiger partial charge in [0.25, 0.3) is 5.91 Å². The molecule has 0 unspecified atom stereocenters. The highest BCUT2D eigenvalue weighted by molar-refractivity contribution is 6.09. The quantitative estimate of drug-likeness (QED) is 0.879. The standard InChI is InChI=1S/C21H20N4O2/c1-13-18(21(27)25-17-10-3-5-12-23-17)20(14-7-2-4-11-22-14)19-15(24-13)8-6-9-16(19)26/h2-5,7,10-12,20,24H,6,8-9H2,1H3,(H,23,25,27)/t20-/m0/s1. The summed E-state index contributed by atoms with van der Waals surface area (Å²) in [6, 6.07) is 10.9. The average molecular weight is 360 g/mol. The Bertz CT molecular complexity index is 949. The zero-order valence-corrected chi connectivity index (χ0v) is 15.0. The minimum atomic E-state index is -0.473. The van der Waals surface area contributed by atoms with E-state index in [1.165, 1.54) is 0 Å². The van der Waals surface area contributed by atoms with Gasteiger partial charge in [-0.3, -0.25) is 14.6 Å². The molecule has 0 fully saturated rings. The maximum absolute atomic E-state index is 13.1. The number of nitrogens with one attached hydrogen (secondary N) is 2. The van der Waals surface area contributed by atoms with Crippen LogP contribution < -0.4 is 10.6 Å². The van der Waals surface area contributed by atoms with Crippen molar-refractivity contribution in [2.45, 2.75) is 32.1 Å². The Balaban J connectivity index is 1.78. The zero-order valence-electron chi connectivity index (χ0n) is 15.0. The van der Waals surface area contributed by atoms with Gasteiger partial charge in [-0.2, -0.15) is 0 Å². The summed E-state index contributed by atoms with van der Waals surface area (Å²) >= 11 is 0. The second kappa shape index (κ2) is 7.15. The molecule has 4 rings (SSSR count). The minimum absolute atomic E-state index is 0.0787. The van der Waals surface area contributed by atoms with Crippen molar-refractivity contribution >= 4 is 17.5 Å². The van der Waals surface area contributed by atoms with Crippen LogP contribution in [0.2, 0.25) is 0 Å². The molecule has 1 aliphatic heterocycles. The molecular weight excluding hydrogens is 340 g/mol. The highest BCUT2D eigenvalue weighted by Crippen LogP contribution is 2.41. The van der Waals surface area contributed by atoms with E-state index in [4.69, 9.17) is 0 Å². The Morgan fingerprint density at radius 1 is 1.11 bits per heavy atom. The number of carbonyl (C=O) groups excluding carboxylic acids is 2. The molecule has 0 saturated heterocycles. The van der Waals surface area contributed by atoms with Crippen molar-refractivity contribution in [1.82, 2.24) is 15.3 Å². The summed E-state index contributed by atoms with van der Waals surface area (Å²) in [4.78, 5) is 34.5. The lowest BCUT2D eigenvalue weighted by molar-refractivity contribution is -0.116. The number of ketones is 1. The van der Waals surface area contributed by atoms with E-state index >= 15 is 0 Å². The van der Waals surface area contributed by atoms with Gasteiger partial charge in [0, 0.05) is 41.4 Å². The molecule has 2 aliphatic rings. The number of hydrogen-bond donors (Lipinski definition) is 2. The number of carbonyl (C=O) groups is 2. The molecule has 1 amide bonds. The monoisotopic (exact) mass is 360 g/mol. The van der Waals surface area contributed by atoms with Gasteiger partial charge in [0.1, 0.15) is 5.82 Å². The van der Waals surface area contributed by atoms with Crippen LogP contribution in [0.1, 0.15) is 37.8 Å². The first-order valence-electron chi connectivity index (χ1n) is 9.02. The van der Waals surface area contributed by atoms with E-state index in [1.807, 2.05) is 31.2 Å². The summed E-state index contributed by atoms with van der Waals surface area (Å²) in [5, 5.41) is 6.14. The molecule has 6 nitrogen and oxygen atoms in total. The van der Waals surface area contributed by atoms with Gasteiger partial charge in [0.05, 0.1) is 11.6 Å². The number of anilines is 1. The molecule has 0 bridgehead atoms. The van der Waals surface area contributed by atoms with Crippen molar-refractivity contribution in [2.24, 2.45) is 0 Å². The van der Waals surface area contributed by atoms with E-state index in [-0.39, 0.29) is 11.7 Å². The molecule has 0 saturated carbocycles. The largest absolute Gasteiger partial charge is 0.362 e. The van der Waals surface area contributed by atoms with Crippen molar-refractivity contribution in [2.75, 3.05) is 5.32 Å². The summed E-state index contributed by atoms with van der Waals surface area (Å²) in [6.45, 7) is 1.87. The number of dihydropyridines is 1. The topological polar surface area (TPSA) is 84.0 Å². The lowest BCUT2D eigenvalue weighted by atomic mass is 9.76. The molecule has 1 atom stereocenters. The Hall–Kier alpha value is -3.28. The van der Waals surface area contributed by atoms with Gasteiger partial charge in [-0.1, -0.05) is 12.1 Å². The maximum atomic E-state index is 13.1. The van der Waals surface area contributed by atoms with E-state index in [1.54, 1.807) is 24.5 Å². The normalized spacial score (nSPS) is 19.4. The SMILES string of the molecule is CC1=C(C(=O)Nc2ccccn2)[C@H](c2ccccn2)C2=C(CCCC2=O)N1. The summed E-state index contributed by atoms with van der Waals surface area (Å²) in [5.74, 6) is -0.203. The van der Waals surface area contributed by atoms with Crippen LogP contribution in [-0.4, -0.2) is 21.7 Å². The highest BCUT2D eigenvalue weighted by Gasteiger charge is 2.39. The van der Waals surface area contributed by atoms with Crippen molar-refractivity contribution < 1.29 is 9.59 Å². The molecule has 3 heterocycles. The number of pyridine rings is 2. The number of aromatic nitrogens is 2. The van der Waals surface area contributed by atoms with Gasteiger partial charge in [0.2, 0.25) is 0 Å². The Morgan fingerprint density at radius 3 is 2.59 bits per heavy atom. The van der Waals surface area contributed by atoms with E-state index in [0.29, 0.717) is 29.1 Å². The van der Waals surface area contributed by atoms with E-state index < -0.39 is 5.92 Å². The fourth-order valence-electron chi connectivity index (χ4n) is 3.75. The van der Waals surface area contributed by atoms with Crippen LogP contribution in [0.5, 0.6) is 0 Å². The Morgan fingerprint density at radius 2 is 1.89 bits per heavy atom. The molecule has 2 N–H and O–H groups in total. The summed E-state index contributed by atoms with van der Waals surface area (Å²) in [5.41, 5.74) is 3.53. The third-order valence-electron chi connectivity index (χ3n) is 4.91. The van der Waals surface area contributed by atoms with Crippen LogP contribution in [0.25, 0.3) is 0 Å². The molecule has 2 aromatic rings. The predicted octanol–water partition coefficient (Wildman–Crippen LogP) is 3.08. The average Bonchev–Trinajstić information content (AvgIpc) is 2.68. The van der Waals surface area contributed by atoms with Crippen molar-refractivity contribution in [1.29, 1.82) is 0 Å². The van der Waals surface area contributed by atoms with E-state index in [2.05, 4.69) is 20.6 Å². The first-order valence-corrected chi connectivity index (χ1v) is 9.02. The highest BCUT2D eigenvalue weighted by atomic mass is 16.2. The van der Waals surface area contributed by atoms with Crippen LogP contribution in [0.4, 0.5) is 5.82 Å². The summed E-state index contributed by atoms with van der Waals surface area (Å²) < 4.78 is 0. The first-order chi connectivity index (χ1) is 13.1. The van der Waals surface area contributed by atoms with Gasteiger partial charge >= 0.3 is 0 Å². The van der Waals surface area contributed by atoms with Crippen molar-refractivity contribution in [3.05, 3.63) is 77.0 Å². The molecule has 2 aromatic heterocycles. The number of hydrogen-bond acceptors (Lipinski definition) is 5. The third kappa shape index (κ3) is 3.26. The minimum Gasteiger partial charge on any atom is -0.362 e. The molecule has 1 aliphatic carbocycles. The fraction of sp³-hybridized carbons (Fsp3) is 0.238. The summed E-state index contributed by atoms with van der Waals surface area (Å²) in [7, 11) is 0. The van der Waals surface area contributed by atoms with E-state index in [0.717, 1.165) is 24.2 Å². The second-order valence-corrected chi connectivity index (χ2v) is 6.69. The van der Waals surface area contributed by atoms with Gasteiger partial charge in [-0.15, -0.1) is 0 Å². The van der Waals surface area contributed by atoms with Gasteiger partial charge in [-0.25, -0.2) is 4.98 Å². The van der Waals surface area contributed by atoms with Crippen LogP contribution >= 0.6 is 0 Å². The van der Waals surface area contributed by atoms with Crippen LogP contribution in [0.3, 0.4) is 0 Å². The fourth-order valence-corrected chi connectivity index (χ4v) is 3.75. The number of rotatable bonds is 3. The number of Topliss-reactive ketones (excluding diaryl/α,β-unsaturated/α-hetero) is 1. The molecule has 0 aromatic carbocycles. The molecule has 6 heteroatoms. The van der Waals surface area contributed by atoms with Crippen LogP contribution in [0.15, 0.2) is 71.3 Å². The first kappa shape index (κ1) is 17.1. The van der Waals surface area contributed by atoms with Gasteiger partial charge in [0.15, 0.2) is 5.78 Å². The van der Waals surface area contributed by atoms with E-state index in [9.17, 15) is 9.59 Å². The second-order valence-electron chi connectivity index (χ2n) is 6.69. The molecule has 0 spiro atoms. The van der Waals surface area contributed by atoms with Crippen molar-refractivity contribution in [3.63, 3.8) is 0 Å².